The molecule has 1 aliphatic carbocycles. The van der Waals surface area contributed by atoms with Crippen LogP contribution in [0.4, 0.5) is 11.9 Å². The largest absolute Gasteiger partial charge is 0.349 e. The highest BCUT2D eigenvalue weighted by Gasteiger charge is 2.34. The summed E-state index contributed by atoms with van der Waals surface area (Å²) in [5.74, 6) is 0.942. The molecule has 2 rings (SSSR count). The van der Waals surface area contributed by atoms with E-state index >= 15 is 0 Å². The normalized spacial score (nSPS) is 15.1. The molecule has 7 heteroatoms. The molecule has 0 unspecified atom stereocenters. The number of hydrogen-bond acceptors (Lipinski definition) is 6. The van der Waals surface area contributed by atoms with Gasteiger partial charge >= 0.3 is 0 Å². The van der Waals surface area contributed by atoms with Crippen LogP contribution in [0.15, 0.2) is 5.16 Å². The summed E-state index contributed by atoms with van der Waals surface area (Å²) in [6.07, 6.45) is 3.94. The van der Waals surface area contributed by atoms with E-state index in [0.717, 1.165) is 12.8 Å². The summed E-state index contributed by atoms with van der Waals surface area (Å²) in [6, 6.07) is 0.243. The average molecular weight is 295 g/mol. The molecule has 1 aliphatic rings. The molecule has 1 heterocycles. The first-order valence-corrected chi connectivity index (χ1v) is 7.90. The Bertz CT molecular complexity index is 510. The Hall–Kier alpha value is -1.37. The van der Waals surface area contributed by atoms with Crippen LogP contribution in [0.5, 0.6) is 0 Å². The SMILES string of the molecule is CSc1nc(NC(C)(C)C)nc(N(C(C)=O)C2CC2)n1. The molecule has 110 valence electrons. The van der Waals surface area contributed by atoms with Crippen LogP contribution in [0.1, 0.15) is 40.5 Å². The third-order valence-corrected chi connectivity index (χ3v) is 3.29. The number of amides is 1. The van der Waals surface area contributed by atoms with Gasteiger partial charge in [0.05, 0.1) is 0 Å². The smallest absolute Gasteiger partial charge is 0.238 e. The van der Waals surface area contributed by atoms with Crippen LogP contribution in [0, 0.1) is 0 Å². The Morgan fingerprint density at radius 3 is 2.40 bits per heavy atom. The van der Waals surface area contributed by atoms with Gasteiger partial charge < -0.3 is 5.32 Å². The van der Waals surface area contributed by atoms with E-state index in [2.05, 4.69) is 20.3 Å². The number of aromatic nitrogens is 3. The maximum absolute atomic E-state index is 11.8. The number of carbonyl (C=O) groups is 1. The van der Waals surface area contributed by atoms with E-state index in [-0.39, 0.29) is 17.5 Å². The lowest BCUT2D eigenvalue weighted by molar-refractivity contribution is -0.116. The monoisotopic (exact) mass is 295 g/mol. The zero-order chi connectivity index (χ0) is 14.9. The molecule has 0 atom stereocenters. The highest BCUT2D eigenvalue weighted by molar-refractivity contribution is 7.98. The van der Waals surface area contributed by atoms with E-state index in [1.54, 1.807) is 11.8 Å². The van der Waals surface area contributed by atoms with Crippen LogP contribution >= 0.6 is 11.8 Å². The fourth-order valence-electron chi connectivity index (χ4n) is 1.83. The minimum Gasteiger partial charge on any atom is -0.349 e. The maximum atomic E-state index is 11.8. The first-order valence-electron chi connectivity index (χ1n) is 6.68. The molecule has 0 spiro atoms. The number of nitrogens with one attached hydrogen (secondary N) is 1. The van der Waals surface area contributed by atoms with E-state index in [1.807, 2.05) is 27.0 Å². The molecule has 1 saturated carbocycles. The van der Waals surface area contributed by atoms with Crippen LogP contribution < -0.4 is 10.2 Å². The third kappa shape index (κ3) is 3.82. The summed E-state index contributed by atoms with van der Waals surface area (Å²) in [5, 5.41) is 3.85. The van der Waals surface area contributed by atoms with E-state index < -0.39 is 0 Å². The van der Waals surface area contributed by atoms with Crippen molar-refractivity contribution in [3.8, 4) is 0 Å². The van der Waals surface area contributed by atoms with Crippen molar-refractivity contribution in [2.75, 3.05) is 16.5 Å². The lowest BCUT2D eigenvalue weighted by atomic mass is 10.1. The van der Waals surface area contributed by atoms with Crippen LogP contribution in [-0.4, -0.2) is 38.7 Å². The lowest BCUT2D eigenvalue weighted by Gasteiger charge is -2.23. The molecule has 0 bridgehead atoms. The summed E-state index contributed by atoms with van der Waals surface area (Å²) in [6.45, 7) is 7.67. The van der Waals surface area contributed by atoms with Gasteiger partial charge in [-0.15, -0.1) is 0 Å². The van der Waals surface area contributed by atoms with Gasteiger partial charge in [0, 0.05) is 18.5 Å². The highest BCUT2D eigenvalue weighted by atomic mass is 32.2. The van der Waals surface area contributed by atoms with E-state index in [0.29, 0.717) is 17.1 Å². The van der Waals surface area contributed by atoms with Gasteiger partial charge in [-0.3, -0.25) is 9.69 Å². The van der Waals surface area contributed by atoms with Crippen molar-refractivity contribution in [2.45, 2.75) is 57.3 Å². The van der Waals surface area contributed by atoms with Gasteiger partial charge in [-0.1, -0.05) is 11.8 Å². The Morgan fingerprint density at radius 2 is 1.95 bits per heavy atom. The van der Waals surface area contributed by atoms with Gasteiger partial charge in [0.1, 0.15) is 0 Å². The van der Waals surface area contributed by atoms with Gasteiger partial charge in [-0.05, 0) is 39.9 Å². The lowest BCUT2D eigenvalue weighted by Crippen LogP contribution is -2.34. The number of carbonyl (C=O) groups excluding carboxylic acids is 1. The van der Waals surface area contributed by atoms with Crippen molar-refractivity contribution < 1.29 is 4.79 Å². The van der Waals surface area contributed by atoms with Crippen molar-refractivity contribution >= 4 is 29.6 Å². The van der Waals surface area contributed by atoms with Gasteiger partial charge in [0.25, 0.3) is 0 Å². The Balaban J connectivity index is 2.36. The van der Waals surface area contributed by atoms with Crippen molar-refractivity contribution in [3.05, 3.63) is 0 Å². The molecule has 1 amide bonds. The number of rotatable bonds is 4. The zero-order valence-corrected chi connectivity index (χ0v) is 13.4. The summed E-state index contributed by atoms with van der Waals surface area (Å²) < 4.78 is 0. The van der Waals surface area contributed by atoms with Crippen molar-refractivity contribution in [1.29, 1.82) is 0 Å². The van der Waals surface area contributed by atoms with Crippen LogP contribution in [0.25, 0.3) is 0 Å². The van der Waals surface area contributed by atoms with Gasteiger partial charge in [0.2, 0.25) is 17.8 Å². The molecule has 1 aromatic rings. The highest BCUT2D eigenvalue weighted by Crippen LogP contribution is 2.31. The predicted molar refractivity (Wildman–Crippen MR) is 81.2 cm³/mol. The summed E-state index contributed by atoms with van der Waals surface area (Å²) in [7, 11) is 0. The topological polar surface area (TPSA) is 71.0 Å². The van der Waals surface area contributed by atoms with Crippen LogP contribution in [0.3, 0.4) is 0 Å². The molecule has 1 N–H and O–H groups in total. The fourth-order valence-corrected chi connectivity index (χ4v) is 2.18. The fraction of sp³-hybridized carbons (Fsp3) is 0.692. The average Bonchev–Trinajstić information content (AvgIpc) is 3.10. The van der Waals surface area contributed by atoms with Crippen molar-refractivity contribution in [1.82, 2.24) is 15.0 Å². The van der Waals surface area contributed by atoms with Gasteiger partial charge in [-0.2, -0.15) is 15.0 Å². The molecule has 0 saturated heterocycles. The minimum absolute atomic E-state index is 0.0209. The predicted octanol–water partition coefficient (Wildman–Crippen LogP) is 2.32. The first kappa shape index (κ1) is 15.0. The maximum Gasteiger partial charge on any atom is 0.238 e. The van der Waals surface area contributed by atoms with E-state index in [4.69, 9.17) is 0 Å². The third-order valence-electron chi connectivity index (χ3n) is 2.74. The summed E-state index contributed by atoms with van der Waals surface area (Å²) in [5.41, 5.74) is -0.144. The molecule has 0 aromatic carbocycles. The molecule has 6 nitrogen and oxygen atoms in total. The number of anilines is 2. The standard InChI is InChI=1S/C13H21N5OS/c1-8(19)18(9-6-7-9)11-14-10(17-13(2,3)4)15-12(16-11)20-5/h9H,6-7H2,1-5H3,(H,14,15,16,17). The van der Waals surface area contributed by atoms with Crippen molar-refractivity contribution in [3.63, 3.8) is 0 Å². The minimum atomic E-state index is -0.144. The second-order valence-electron chi connectivity index (χ2n) is 5.94. The second kappa shape index (κ2) is 5.55. The number of thioether (sulfide) groups is 1. The van der Waals surface area contributed by atoms with Crippen LogP contribution in [-0.2, 0) is 4.79 Å². The molecular formula is C13H21N5OS. The van der Waals surface area contributed by atoms with E-state index in [9.17, 15) is 4.79 Å². The Morgan fingerprint density at radius 1 is 1.30 bits per heavy atom. The summed E-state index contributed by atoms with van der Waals surface area (Å²) in [4.78, 5) is 26.6. The van der Waals surface area contributed by atoms with Crippen LogP contribution in [0.2, 0.25) is 0 Å². The Kier molecular flexibility index (Phi) is 4.17. The molecule has 20 heavy (non-hydrogen) atoms. The molecule has 1 fully saturated rings. The van der Waals surface area contributed by atoms with E-state index in [1.165, 1.54) is 11.8 Å². The quantitative estimate of drug-likeness (QED) is 0.860. The molecule has 0 aliphatic heterocycles. The first-order chi connectivity index (χ1) is 9.30. The molecule has 0 radical (unpaired) electrons. The molecular weight excluding hydrogens is 274 g/mol. The Labute approximate surface area is 123 Å². The number of hydrogen-bond donors (Lipinski definition) is 1. The number of nitrogens with zero attached hydrogens (tertiary/aromatic N) is 4. The summed E-state index contributed by atoms with van der Waals surface area (Å²) >= 11 is 1.44. The van der Waals surface area contributed by atoms with Crippen molar-refractivity contribution in [2.24, 2.45) is 0 Å². The van der Waals surface area contributed by atoms with Gasteiger partial charge in [0.15, 0.2) is 5.16 Å². The molecule has 1 aromatic heterocycles. The van der Waals surface area contributed by atoms with Gasteiger partial charge in [-0.25, -0.2) is 0 Å². The zero-order valence-electron chi connectivity index (χ0n) is 12.6. The second-order valence-corrected chi connectivity index (χ2v) is 6.71.